The average molecular weight is 446 g/mol. The van der Waals surface area contributed by atoms with Gasteiger partial charge < -0.3 is 10.1 Å². The lowest BCUT2D eigenvalue weighted by Gasteiger charge is -2.16. The summed E-state index contributed by atoms with van der Waals surface area (Å²) in [5.41, 5.74) is 1.08. The van der Waals surface area contributed by atoms with Gasteiger partial charge in [-0.2, -0.15) is 0 Å². The number of thioether (sulfide) groups is 1. The Morgan fingerprint density at radius 3 is 2.63 bits per heavy atom. The van der Waals surface area contributed by atoms with Gasteiger partial charge in [0.1, 0.15) is 5.75 Å². The van der Waals surface area contributed by atoms with Gasteiger partial charge in [0.2, 0.25) is 5.91 Å². The molecule has 158 valence electrons. The van der Waals surface area contributed by atoms with Gasteiger partial charge in [-0.1, -0.05) is 30.3 Å². The fraction of sp³-hybridized carbons (Fsp3) is 0.318. The van der Waals surface area contributed by atoms with E-state index in [1.54, 1.807) is 41.8 Å². The summed E-state index contributed by atoms with van der Waals surface area (Å²) in [7, 11) is 0. The van der Waals surface area contributed by atoms with Crippen molar-refractivity contribution in [2.45, 2.75) is 44.1 Å². The summed E-state index contributed by atoms with van der Waals surface area (Å²) in [6.45, 7) is 6.82. The minimum absolute atomic E-state index is 0.125. The molecule has 0 spiro atoms. The molecule has 1 atom stereocenters. The normalized spacial score (nSPS) is 12.0. The smallest absolute Gasteiger partial charge is 0.262 e. The van der Waals surface area contributed by atoms with Gasteiger partial charge in [0.25, 0.3) is 5.56 Å². The van der Waals surface area contributed by atoms with Crippen LogP contribution >= 0.6 is 23.4 Å². The molecule has 6 nitrogen and oxygen atoms in total. The van der Waals surface area contributed by atoms with Crippen molar-refractivity contribution in [3.05, 3.63) is 57.8 Å². The van der Waals surface area contributed by atoms with E-state index in [4.69, 9.17) is 16.3 Å². The summed E-state index contributed by atoms with van der Waals surface area (Å²) < 4.78 is 7.04. The summed E-state index contributed by atoms with van der Waals surface area (Å²) in [6, 6.07) is 12.3. The van der Waals surface area contributed by atoms with Gasteiger partial charge in [0.15, 0.2) is 5.16 Å². The lowest BCUT2D eigenvalue weighted by molar-refractivity contribution is -0.115. The first-order valence-corrected chi connectivity index (χ1v) is 11.1. The molecule has 1 unspecified atom stereocenters. The van der Waals surface area contributed by atoms with Crippen molar-refractivity contribution in [2.24, 2.45) is 0 Å². The van der Waals surface area contributed by atoms with Crippen LogP contribution in [0.4, 0.5) is 5.69 Å². The number of hydrogen-bond donors (Lipinski definition) is 1. The molecule has 2 aromatic carbocycles. The van der Waals surface area contributed by atoms with E-state index in [1.165, 1.54) is 11.8 Å². The fourth-order valence-electron chi connectivity index (χ4n) is 2.94. The highest BCUT2D eigenvalue weighted by Crippen LogP contribution is 2.25. The van der Waals surface area contributed by atoms with Crippen molar-refractivity contribution in [1.29, 1.82) is 0 Å². The largest absolute Gasteiger partial charge is 0.494 e. The van der Waals surface area contributed by atoms with Crippen LogP contribution in [0, 0.1) is 0 Å². The van der Waals surface area contributed by atoms with Gasteiger partial charge in [0.05, 0.1) is 22.8 Å². The number of aromatic nitrogens is 2. The minimum atomic E-state index is -0.455. The Morgan fingerprint density at radius 2 is 1.97 bits per heavy atom. The second-order valence-electron chi connectivity index (χ2n) is 6.72. The molecule has 0 aliphatic carbocycles. The lowest BCUT2D eigenvalue weighted by Crippen LogP contribution is -2.27. The minimum Gasteiger partial charge on any atom is -0.494 e. The molecule has 8 heteroatoms. The van der Waals surface area contributed by atoms with Crippen molar-refractivity contribution in [2.75, 3.05) is 11.9 Å². The Balaban J connectivity index is 1.82. The molecule has 3 aromatic rings. The van der Waals surface area contributed by atoms with Crippen LogP contribution in [0.5, 0.6) is 5.75 Å². The zero-order chi connectivity index (χ0) is 21.7. The predicted octanol–water partition coefficient (Wildman–Crippen LogP) is 4.98. The van der Waals surface area contributed by atoms with E-state index in [0.29, 0.717) is 39.9 Å². The molecule has 1 aromatic heterocycles. The van der Waals surface area contributed by atoms with Crippen molar-refractivity contribution >= 4 is 45.9 Å². The van der Waals surface area contributed by atoms with Crippen LogP contribution in [-0.4, -0.2) is 27.3 Å². The highest BCUT2D eigenvalue weighted by atomic mass is 35.5. The Kier molecular flexibility index (Phi) is 7.39. The third-order valence-corrected chi connectivity index (χ3v) is 5.74. The number of benzene rings is 2. The Labute approximate surface area is 184 Å². The van der Waals surface area contributed by atoms with Crippen LogP contribution in [0.25, 0.3) is 10.9 Å². The van der Waals surface area contributed by atoms with Crippen LogP contribution < -0.4 is 15.6 Å². The highest BCUT2D eigenvalue weighted by Gasteiger charge is 2.19. The van der Waals surface area contributed by atoms with Gasteiger partial charge >= 0.3 is 0 Å². The molecule has 0 fully saturated rings. The molecule has 1 amide bonds. The number of carbonyl (C=O) groups is 1. The second-order valence-corrected chi connectivity index (χ2v) is 8.46. The number of nitrogens with zero attached hydrogens (tertiary/aromatic N) is 2. The summed E-state index contributed by atoms with van der Waals surface area (Å²) in [4.78, 5) is 30.3. The van der Waals surface area contributed by atoms with E-state index < -0.39 is 5.25 Å². The number of anilines is 1. The van der Waals surface area contributed by atoms with E-state index in [0.717, 1.165) is 12.2 Å². The van der Waals surface area contributed by atoms with Crippen LogP contribution in [0.2, 0.25) is 5.02 Å². The summed E-state index contributed by atoms with van der Waals surface area (Å²) in [5.74, 6) is 0.577. The first-order valence-electron chi connectivity index (χ1n) is 9.83. The number of ether oxygens (including phenoxy) is 1. The molecule has 0 aliphatic rings. The maximum Gasteiger partial charge on any atom is 0.262 e. The fourth-order valence-corrected chi connectivity index (χ4v) is 4.04. The standard InChI is InChI=1S/C22H24ClN3O3S/c1-4-12-26-21(28)18-11-6-15(23)13-19(18)25-22(26)30-14(3)20(27)24-16-7-9-17(10-8-16)29-5-2/h6-11,13-14H,4-5,12H2,1-3H3,(H,24,27). The molecule has 0 saturated heterocycles. The van der Waals surface area contributed by atoms with Gasteiger partial charge in [-0.25, -0.2) is 4.98 Å². The van der Waals surface area contributed by atoms with Crippen LogP contribution in [0.1, 0.15) is 27.2 Å². The van der Waals surface area contributed by atoms with Crippen molar-refractivity contribution in [3.8, 4) is 5.75 Å². The Bertz CT molecular complexity index is 1100. The predicted molar refractivity (Wildman–Crippen MR) is 123 cm³/mol. The van der Waals surface area contributed by atoms with E-state index in [2.05, 4.69) is 10.3 Å². The number of halogens is 1. The zero-order valence-electron chi connectivity index (χ0n) is 17.1. The van der Waals surface area contributed by atoms with E-state index in [-0.39, 0.29) is 11.5 Å². The van der Waals surface area contributed by atoms with Crippen LogP contribution in [0.3, 0.4) is 0 Å². The molecule has 0 radical (unpaired) electrons. The summed E-state index contributed by atoms with van der Waals surface area (Å²) in [6.07, 6.45) is 0.779. The summed E-state index contributed by atoms with van der Waals surface area (Å²) in [5, 5.41) is 3.97. The molecule has 1 N–H and O–H groups in total. The monoisotopic (exact) mass is 445 g/mol. The first kappa shape index (κ1) is 22.2. The SMILES string of the molecule is CCCn1c(SC(C)C(=O)Nc2ccc(OCC)cc2)nc2cc(Cl)ccc2c1=O. The highest BCUT2D eigenvalue weighted by molar-refractivity contribution is 8.00. The topological polar surface area (TPSA) is 73.2 Å². The zero-order valence-corrected chi connectivity index (χ0v) is 18.7. The van der Waals surface area contributed by atoms with Gasteiger partial charge in [-0.3, -0.25) is 14.2 Å². The molecule has 0 aliphatic heterocycles. The molecule has 1 heterocycles. The number of rotatable bonds is 8. The molecular formula is C22H24ClN3O3S. The van der Waals surface area contributed by atoms with E-state index >= 15 is 0 Å². The number of carbonyl (C=O) groups excluding carboxylic acids is 1. The second kappa shape index (κ2) is 10.00. The number of hydrogen-bond acceptors (Lipinski definition) is 5. The maximum atomic E-state index is 12.9. The lowest BCUT2D eigenvalue weighted by atomic mass is 10.2. The Morgan fingerprint density at radius 1 is 1.23 bits per heavy atom. The summed E-state index contributed by atoms with van der Waals surface area (Å²) >= 11 is 7.33. The third kappa shape index (κ3) is 5.15. The molecular weight excluding hydrogens is 422 g/mol. The number of amides is 1. The maximum absolute atomic E-state index is 12.9. The molecule has 30 heavy (non-hydrogen) atoms. The third-order valence-electron chi connectivity index (χ3n) is 4.41. The van der Waals surface area contributed by atoms with Gasteiger partial charge in [-0.15, -0.1) is 0 Å². The van der Waals surface area contributed by atoms with E-state index in [1.807, 2.05) is 26.0 Å². The van der Waals surface area contributed by atoms with Crippen LogP contribution in [0.15, 0.2) is 52.4 Å². The molecule has 0 saturated carbocycles. The van der Waals surface area contributed by atoms with Gasteiger partial charge in [0, 0.05) is 17.3 Å². The van der Waals surface area contributed by atoms with Gasteiger partial charge in [-0.05, 0) is 62.7 Å². The average Bonchev–Trinajstić information content (AvgIpc) is 2.72. The van der Waals surface area contributed by atoms with Crippen molar-refractivity contribution < 1.29 is 9.53 Å². The first-order chi connectivity index (χ1) is 14.4. The van der Waals surface area contributed by atoms with Crippen molar-refractivity contribution in [3.63, 3.8) is 0 Å². The van der Waals surface area contributed by atoms with Crippen molar-refractivity contribution in [1.82, 2.24) is 9.55 Å². The van der Waals surface area contributed by atoms with E-state index in [9.17, 15) is 9.59 Å². The molecule has 0 bridgehead atoms. The number of fused-ring (bicyclic) bond motifs is 1. The number of nitrogens with one attached hydrogen (secondary N) is 1. The Hall–Kier alpha value is -2.51. The quantitative estimate of drug-likeness (QED) is 0.391. The molecule has 3 rings (SSSR count). The van der Waals surface area contributed by atoms with Crippen LogP contribution in [-0.2, 0) is 11.3 Å².